The highest BCUT2D eigenvalue weighted by molar-refractivity contribution is 5.94. The first-order valence-electron chi connectivity index (χ1n) is 7.91. The molecule has 0 amide bonds. The topological polar surface area (TPSA) is 94.1 Å². The Labute approximate surface area is 142 Å². The van der Waals surface area contributed by atoms with E-state index in [1.165, 1.54) is 16.8 Å². The Hall–Kier alpha value is -3.22. The lowest BCUT2D eigenvalue weighted by atomic mass is 10.2. The molecule has 7 heteroatoms. The lowest BCUT2D eigenvalue weighted by Gasteiger charge is -2.08. The molecule has 1 aromatic carbocycles. The summed E-state index contributed by atoms with van der Waals surface area (Å²) in [5, 5.41) is 0.173. The molecule has 0 atom stereocenters. The van der Waals surface area contributed by atoms with Gasteiger partial charge in [-0.3, -0.25) is 14.3 Å². The van der Waals surface area contributed by atoms with E-state index in [1.54, 1.807) is 12.1 Å². The fourth-order valence-corrected chi connectivity index (χ4v) is 2.48. The molecule has 2 heterocycles. The van der Waals surface area contributed by atoms with E-state index in [-0.39, 0.29) is 16.6 Å². The van der Waals surface area contributed by atoms with E-state index in [0.717, 1.165) is 5.56 Å². The van der Waals surface area contributed by atoms with Crippen LogP contribution in [0.5, 0.6) is 5.75 Å². The summed E-state index contributed by atoms with van der Waals surface area (Å²) in [6, 6.07) is 8.43. The summed E-state index contributed by atoms with van der Waals surface area (Å²) >= 11 is 0. The molecule has 0 aliphatic carbocycles. The average Bonchev–Trinajstić information content (AvgIpc) is 2.60. The predicted molar refractivity (Wildman–Crippen MR) is 93.1 cm³/mol. The van der Waals surface area contributed by atoms with Crippen LogP contribution in [0.25, 0.3) is 11.0 Å². The number of aromatic nitrogens is 3. The molecule has 25 heavy (non-hydrogen) atoms. The van der Waals surface area contributed by atoms with Crippen molar-refractivity contribution in [2.24, 2.45) is 0 Å². The summed E-state index contributed by atoms with van der Waals surface area (Å²) in [6.07, 6.45) is 2.02. The number of pyridine rings is 1. The molecule has 0 spiro atoms. The van der Waals surface area contributed by atoms with Crippen LogP contribution >= 0.6 is 0 Å². The molecule has 0 fully saturated rings. The Kier molecular flexibility index (Phi) is 4.47. The Bertz CT molecular complexity index is 1050. The number of aryl methyl sites for hydroxylation is 2. The number of hydrogen-bond donors (Lipinski definition) is 1. The SMILES string of the molecule is CCCn1c(=O)[nH]c(=O)c2cc(C(=O)Oc3ccc(C)cc3)cnc21. The van der Waals surface area contributed by atoms with Crippen LogP contribution in [0, 0.1) is 6.92 Å². The number of fused-ring (bicyclic) bond motifs is 1. The van der Waals surface area contributed by atoms with Gasteiger partial charge >= 0.3 is 11.7 Å². The first-order valence-corrected chi connectivity index (χ1v) is 7.91. The number of ether oxygens (including phenoxy) is 1. The monoisotopic (exact) mass is 339 g/mol. The van der Waals surface area contributed by atoms with Crippen LogP contribution in [0.1, 0.15) is 29.3 Å². The van der Waals surface area contributed by atoms with E-state index in [2.05, 4.69) is 9.97 Å². The van der Waals surface area contributed by atoms with E-state index in [4.69, 9.17) is 4.74 Å². The maximum Gasteiger partial charge on any atom is 0.345 e. The maximum atomic E-state index is 12.3. The number of hydrogen-bond acceptors (Lipinski definition) is 5. The summed E-state index contributed by atoms with van der Waals surface area (Å²) in [7, 11) is 0. The first kappa shape index (κ1) is 16.6. The summed E-state index contributed by atoms with van der Waals surface area (Å²) in [5.41, 5.74) is 0.349. The predicted octanol–water partition coefficient (Wildman–Crippen LogP) is 2.02. The van der Waals surface area contributed by atoms with E-state index in [9.17, 15) is 14.4 Å². The zero-order chi connectivity index (χ0) is 18.0. The molecule has 2 aromatic heterocycles. The standard InChI is InChI=1S/C18H17N3O4/c1-3-8-21-15-14(16(22)20-18(21)24)9-12(10-19-15)17(23)25-13-6-4-11(2)5-7-13/h4-7,9-10H,3,8H2,1-2H3,(H,20,22,24). The molecule has 0 radical (unpaired) electrons. The van der Waals surface area contributed by atoms with Crippen molar-refractivity contribution in [2.75, 3.05) is 0 Å². The minimum absolute atomic E-state index is 0.139. The number of carbonyl (C=O) groups excluding carboxylic acids is 1. The van der Waals surface area contributed by atoms with Crippen LogP contribution in [-0.4, -0.2) is 20.5 Å². The molecule has 1 N–H and O–H groups in total. The fourth-order valence-electron chi connectivity index (χ4n) is 2.48. The molecule has 0 aliphatic heterocycles. The second-order valence-electron chi connectivity index (χ2n) is 5.71. The highest BCUT2D eigenvalue weighted by atomic mass is 16.5. The molecule has 128 valence electrons. The minimum atomic E-state index is -0.620. The lowest BCUT2D eigenvalue weighted by molar-refractivity contribution is 0.0734. The van der Waals surface area contributed by atoms with Crippen LogP contribution < -0.4 is 16.0 Å². The number of H-pyrrole nitrogens is 1. The van der Waals surface area contributed by atoms with Crippen LogP contribution in [0.3, 0.4) is 0 Å². The van der Waals surface area contributed by atoms with Crippen molar-refractivity contribution >= 4 is 17.0 Å². The molecular weight excluding hydrogens is 322 g/mol. The van der Waals surface area contributed by atoms with Crippen molar-refractivity contribution in [3.05, 3.63) is 68.5 Å². The van der Waals surface area contributed by atoms with Gasteiger partial charge in [-0.25, -0.2) is 14.6 Å². The van der Waals surface area contributed by atoms with Gasteiger partial charge in [-0.2, -0.15) is 0 Å². The molecule has 0 unspecified atom stereocenters. The highest BCUT2D eigenvalue weighted by Gasteiger charge is 2.14. The van der Waals surface area contributed by atoms with Crippen molar-refractivity contribution in [1.82, 2.24) is 14.5 Å². The molecule has 3 aromatic rings. The number of esters is 1. The van der Waals surface area contributed by atoms with E-state index < -0.39 is 17.2 Å². The Morgan fingerprint density at radius 2 is 1.96 bits per heavy atom. The Morgan fingerprint density at radius 3 is 2.64 bits per heavy atom. The largest absolute Gasteiger partial charge is 0.423 e. The van der Waals surface area contributed by atoms with Crippen LogP contribution in [0.15, 0.2) is 46.1 Å². The third-order valence-electron chi connectivity index (χ3n) is 3.75. The molecule has 0 saturated carbocycles. The van der Waals surface area contributed by atoms with Gasteiger partial charge in [0.1, 0.15) is 11.4 Å². The quantitative estimate of drug-likeness (QED) is 0.580. The summed E-state index contributed by atoms with van der Waals surface area (Å²) < 4.78 is 6.67. The van der Waals surface area contributed by atoms with Gasteiger partial charge in [0.2, 0.25) is 0 Å². The third kappa shape index (κ3) is 3.35. The van der Waals surface area contributed by atoms with Gasteiger partial charge in [0.15, 0.2) is 0 Å². The number of benzene rings is 1. The third-order valence-corrected chi connectivity index (χ3v) is 3.75. The van der Waals surface area contributed by atoms with Crippen LogP contribution in [-0.2, 0) is 6.54 Å². The van der Waals surface area contributed by atoms with Gasteiger partial charge in [-0.05, 0) is 31.5 Å². The fraction of sp³-hybridized carbons (Fsp3) is 0.222. The minimum Gasteiger partial charge on any atom is -0.423 e. The second kappa shape index (κ2) is 6.72. The van der Waals surface area contributed by atoms with E-state index in [1.807, 2.05) is 26.0 Å². The van der Waals surface area contributed by atoms with Gasteiger partial charge < -0.3 is 4.74 Å². The summed E-state index contributed by atoms with van der Waals surface area (Å²) in [4.78, 5) is 42.7. The molecule has 3 rings (SSSR count). The summed E-state index contributed by atoms with van der Waals surface area (Å²) in [6.45, 7) is 4.27. The smallest absolute Gasteiger partial charge is 0.345 e. The molecule has 0 saturated heterocycles. The van der Waals surface area contributed by atoms with Crippen molar-refractivity contribution in [2.45, 2.75) is 26.8 Å². The van der Waals surface area contributed by atoms with Gasteiger partial charge in [0.05, 0.1) is 10.9 Å². The normalized spacial score (nSPS) is 10.8. The van der Waals surface area contributed by atoms with Crippen molar-refractivity contribution in [1.29, 1.82) is 0 Å². The van der Waals surface area contributed by atoms with Gasteiger partial charge in [0, 0.05) is 12.7 Å². The van der Waals surface area contributed by atoms with Crippen molar-refractivity contribution in [3.63, 3.8) is 0 Å². The average molecular weight is 339 g/mol. The van der Waals surface area contributed by atoms with Gasteiger partial charge in [0.25, 0.3) is 5.56 Å². The lowest BCUT2D eigenvalue weighted by Crippen LogP contribution is -2.31. The highest BCUT2D eigenvalue weighted by Crippen LogP contribution is 2.15. The Morgan fingerprint density at radius 1 is 1.24 bits per heavy atom. The zero-order valence-electron chi connectivity index (χ0n) is 13.9. The van der Waals surface area contributed by atoms with Crippen molar-refractivity contribution in [3.8, 4) is 5.75 Å². The molecular formula is C18H17N3O4. The van der Waals surface area contributed by atoms with Gasteiger partial charge in [-0.15, -0.1) is 0 Å². The summed E-state index contributed by atoms with van der Waals surface area (Å²) in [5.74, 6) is -0.216. The van der Waals surface area contributed by atoms with Crippen LogP contribution in [0.4, 0.5) is 0 Å². The first-order chi connectivity index (χ1) is 12.0. The molecule has 0 bridgehead atoms. The second-order valence-corrected chi connectivity index (χ2v) is 5.71. The Balaban J connectivity index is 2.00. The molecule has 0 aliphatic rings. The number of rotatable bonds is 4. The van der Waals surface area contributed by atoms with Crippen molar-refractivity contribution < 1.29 is 9.53 Å². The van der Waals surface area contributed by atoms with E-state index in [0.29, 0.717) is 18.7 Å². The zero-order valence-corrected chi connectivity index (χ0v) is 13.9. The number of carbonyl (C=O) groups is 1. The number of aromatic amines is 1. The number of nitrogens with zero attached hydrogens (tertiary/aromatic N) is 2. The number of nitrogens with one attached hydrogen (secondary N) is 1. The molecule has 7 nitrogen and oxygen atoms in total. The van der Waals surface area contributed by atoms with Gasteiger partial charge in [-0.1, -0.05) is 24.6 Å². The van der Waals surface area contributed by atoms with E-state index >= 15 is 0 Å². The maximum absolute atomic E-state index is 12.3. The van der Waals surface area contributed by atoms with Crippen LogP contribution in [0.2, 0.25) is 0 Å².